The number of hydrogen-bond donors (Lipinski definition) is 3. The molecule has 0 bridgehead atoms. The number of carbonyl (C=O) groups excluding carboxylic acids is 5. The van der Waals surface area contributed by atoms with Crippen molar-refractivity contribution in [2.24, 2.45) is 29.6 Å². The third-order valence-electron chi connectivity index (χ3n) is 26.4. The fraction of sp³-hybridized carbons (Fsp3) is 0.913. The van der Waals surface area contributed by atoms with Crippen LogP contribution in [-0.4, -0.2) is 180 Å². The van der Waals surface area contributed by atoms with E-state index in [1.807, 2.05) is 0 Å². The summed E-state index contributed by atoms with van der Waals surface area (Å²) in [5, 5.41) is 7.94. The molecule has 0 heterocycles. The van der Waals surface area contributed by atoms with Crippen LogP contribution < -0.4 is 16.0 Å². The molecule has 5 amide bonds. The van der Waals surface area contributed by atoms with Gasteiger partial charge in [0.15, 0.2) is 0 Å². The zero-order valence-electron chi connectivity index (χ0n) is 85.2. The van der Waals surface area contributed by atoms with Crippen LogP contribution in [0.3, 0.4) is 0 Å². The maximum atomic E-state index is 12.8. The second-order valence-electron chi connectivity index (χ2n) is 38.6. The Labute approximate surface area is 815 Å². The first-order valence-corrected chi connectivity index (χ1v) is 61.7. The van der Waals surface area contributed by atoms with Gasteiger partial charge in [0.2, 0.25) is 29.5 Å². The Kier molecular flexibility index (Phi) is 87.5. The number of unbranched alkanes of at least 4 members (excludes halogenated alkanes) is 48. The van der Waals surface area contributed by atoms with E-state index in [1.54, 1.807) is 19.7 Å². The lowest BCUT2D eigenvalue weighted by molar-refractivity contribution is -0.130. The van der Waals surface area contributed by atoms with Crippen LogP contribution in [0.25, 0.3) is 0 Å². The van der Waals surface area contributed by atoms with Crippen LogP contribution >= 0.6 is 0 Å². The highest BCUT2D eigenvalue weighted by Crippen LogP contribution is 2.43. The van der Waals surface area contributed by atoms with Gasteiger partial charge in [-0.2, -0.15) is 0 Å². The Morgan fingerprint density at radius 3 is 0.902 bits per heavy atom. The molecule has 788 valence electrons. The average Bonchev–Trinajstić information content (AvgIpc) is 0.838. The maximum Gasteiger partial charge on any atom is 0.222 e. The summed E-state index contributed by atoms with van der Waals surface area (Å²) in [5.74, 6) is -0.944. The van der Waals surface area contributed by atoms with Crippen molar-refractivity contribution in [3.8, 4) is 0 Å². The fourth-order valence-corrected chi connectivity index (χ4v) is 20.4. The van der Waals surface area contributed by atoms with Gasteiger partial charge in [-0.05, 0) is 139 Å². The number of allylic oxidation sites excluding steroid dienone is 4. The molecule has 0 aromatic heterocycles. The van der Waals surface area contributed by atoms with Crippen LogP contribution in [0.4, 0.5) is 0 Å². The third-order valence-corrected chi connectivity index (χ3v) is 29.9. The van der Waals surface area contributed by atoms with Crippen molar-refractivity contribution in [1.29, 1.82) is 0 Å². The predicted molar refractivity (Wildman–Crippen MR) is 543 cm³/mol. The quantitative estimate of drug-likeness (QED) is 0.0289. The fourth-order valence-electron chi connectivity index (χ4n) is 18.2. The number of hydrogen-bond acceptors (Lipinski definition) is 20. The van der Waals surface area contributed by atoms with Crippen LogP contribution in [0, 0.1) is 29.6 Å². The summed E-state index contributed by atoms with van der Waals surface area (Å²) in [5.41, 5.74) is 1.54. The second kappa shape index (κ2) is 88.5. The van der Waals surface area contributed by atoms with E-state index >= 15 is 0 Å². The summed E-state index contributed by atoms with van der Waals surface area (Å²) in [6.45, 7) is 11.0. The molecular formula is C103H196N5O20S5-5. The molecule has 0 aromatic carbocycles. The molecule has 0 saturated carbocycles. The first kappa shape index (κ1) is 131. The Hall–Kier alpha value is -3.62. The molecule has 30 heteroatoms. The van der Waals surface area contributed by atoms with E-state index in [0.29, 0.717) is 74.5 Å². The molecule has 5 unspecified atom stereocenters. The second-order valence-corrected chi connectivity index (χ2v) is 46.3. The van der Waals surface area contributed by atoms with Crippen molar-refractivity contribution < 1.29 is 88.8 Å². The normalized spacial score (nSPS) is 13.5. The molecule has 3 N–H and O–H groups in total. The van der Waals surface area contributed by atoms with E-state index in [4.69, 9.17) is 0 Å². The molecule has 25 nitrogen and oxygen atoms in total. The Balaban J connectivity index is 0. The molecule has 0 saturated heterocycles. The smallest absolute Gasteiger partial charge is 0.222 e. The molecular weight excluding hydrogens is 1790 g/mol. The van der Waals surface area contributed by atoms with Gasteiger partial charge in [-0.1, -0.05) is 379 Å². The number of rotatable bonds is 97. The highest BCUT2D eigenvalue weighted by atomic mass is 32.2. The van der Waals surface area contributed by atoms with Gasteiger partial charge in [-0.3, -0.25) is 24.0 Å². The van der Waals surface area contributed by atoms with E-state index in [0.717, 1.165) is 141 Å². The molecule has 0 aliphatic heterocycles. The topological polar surface area (TPSA) is 414 Å². The standard InChI is InChI=1S/C61H119N3O12S3.C42H82N2O8S2/c1-4-7-10-13-16-18-20-24-31-41-56(43-33-28-37-48-61(67)64-51-54-79(74,75)76)58(45-35-29-38-47-59(65)62-49-39-52-77(68,69)70)57(44-34-26-21-17-14-11-8-5-2)55(40-30-23-19-15-12-9-6-3)42-32-25-22-27-36-46-60(66)63-50-53-78(71,72)73;1-5-7-9-11-17-23-29-39(31-25-19-13-15-21-27-33-41(45)43(3)35-37-53(47,48)49)40(30-24-18-12-10-8-6-2)32-26-20-14-16-22-28-34-42(46)44(4)36-38-54(50,51)52/h41,55,57-58H,4-40,42-54H2,1-3H3,(H,62,65)(H,63,66)(H,64,67)(H,68,69,70)(H,71,72,73)(H,74,75,76);25,31,39-40H,5-24,26-30,32-38H2,1-4H3,(H,47,48,49)(H,50,51,52)/p-5/b56-41-;31-25+. The van der Waals surface area contributed by atoms with Crippen LogP contribution in [0.5, 0.6) is 0 Å². The Morgan fingerprint density at radius 1 is 0.271 bits per heavy atom. The van der Waals surface area contributed by atoms with Gasteiger partial charge in [-0.25, -0.2) is 42.1 Å². The minimum absolute atomic E-state index is 0.0486. The third kappa shape index (κ3) is 93.1. The number of amides is 5. The summed E-state index contributed by atoms with van der Waals surface area (Å²) >= 11 is 0. The predicted octanol–water partition coefficient (Wildman–Crippen LogP) is 23.7. The van der Waals surface area contributed by atoms with E-state index in [-0.39, 0.29) is 75.1 Å². The highest BCUT2D eigenvalue weighted by Gasteiger charge is 2.32. The van der Waals surface area contributed by atoms with Crippen LogP contribution in [0.2, 0.25) is 0 Å². The van der Waals surface area contributed by atoms with E-state index < -0.39 is 79.4 Å². The first-order chi connectivity index (χ1) is 63.5. The summed E-state index contributed by atoms with van der Waals surface area (Å²) in [6.07, 6.45) is 85.2. The average molecular weight is 1990 g/mol. The molecule has 0 aromatic rings. The summed E-state index contributed by atoms with van der Waals surface area (Å²) in [6, 6.07) is 0. The summed E-state index contributed by atoms with van der Waals surface area (Å²) in [7, 11) is -18.7. The van der Waals surface area contributed by atoms with Gasteiger partial charge in [0.25, 0.3) is 0 Å². The van der Waals surface area contributed by atoms with Crippen LogP contribution in [0.1, 0.15) is 497 Å². The molecule has 0 spiro atoms. The SMILES string of the molecule is CCCCCCCCC(/C=C/CCCCCCC(=O)N(C)CCS(=O)(=O)[O-])C(CCCCCCCC)CCCCCCCCC(=O)N(C)CCS(=O)(=O)[O-].CCCCCCCCCC/C=C(/CCCCCC(=O)NCCS(=O)(=O)[O-])C(CCCCCC(=O)NCCCS(=O)(=O)[O-])C(CCCCCCCCCC)C(CCCCCCCCC)CCCCCCCC(=O)NCCS(=O)(=O)[O-]. The van der Waals surface area contributed by atoms with Crippen molar-refractivity contribution in [2.75, 3.05) is 75.6 Å². The number of carbonyl (C=O) groups is 5. The van der Waals surface area contributed by atoms with Gasteiger partial charge in [0.1, 0.15) is 0 Å². The summed E-state index contributed by atoms with van der Waals surface area (Å²) < 4.78 is 165. The number of nitrogens with one attached hydrogen (secondary N) is 3. The lowest BCUT2D eigenvalue weighted by Crippen LogP contribution is -2.31. The minimum atomic E-state index is -4.41. The Morgan fingerprint density at radius 2 is 0.541 bits per heavy atom. The monoisotopic (exact) mass is 1980 g/mol. The molecule has 0 aliphatic rings. The minimum Gasteiger partial charge on any atom is -0.748 e. The maximum absolute atomic E-state index is 12.8. The number of nitrogens with zero attached hydrogens (tertiary/aromatic N) is 2. The van der Waals surface area contributed by atoms with E-state index in [2.05, 4.69) is 68.8 Å². The Bertz CT molecular complexity index is 3480. The lowest BCUT2D eigenvalue weighted by Gasteiger charge is -2.37. The zero-order chi connectivity index (χ0) is 99.2. The largest absolute Gasteiger partial charge is 0.748 e. The van der Waals surface area contributed by atoms with Crippen LogP contribution in [-0.2, 0) is 74.6 Å². The van der Waals surface area contributed by atoms with Crippen molar-refractivity contribution >= 4 is 80.1 Å². The van der Waals surface area contributed by atoms with E-state index in [9.17, 15) is 88.8 Å². The molecule has 0 aliphatic carbocycles. The van der Waals surface area contributed by atoms with Crippen molar-refractivity contribution in [1.82, 2.24) is 25.8 Å². The van der Waals surface area contributed by atoms with Crippen molar-refractivity contribution in [3.63, 3.8) is 0 Å². The lowest BCUT2D eigenvalue weighted by atomic mass is 9.68. The summed E-state index contributed by atoms with van der Waals surface area (Å²) in [4.78, 5) is 65.0. The molecule has 0 rings (SSSR count). The highest BCUT2D eigenvalue weighted by molar-refractivity contribution is 7.86. The molecule has 0 fully saturated rings. The molecule has 5 atom stereocenters. The van der Waals surface area contributed by atoms with Gasteiger partial charge in [-0.15, -0.1) is 0 Å². The van der Waals surface area contributed by atoms with E-state index in [1.165, 1.54) is 273 Å². The first-order valence-electron chi connectivity index (χ1n) is 53.8. The van der Waals surface area contributed by atoms with Crippen molar-refractivity contribution in [2.45, 2.75) is 497 Å². The van der Waals surface area contributed by atoms with Gasteiger partial charge in [0, 0.05) is 84.7 Å². The van der Waals surface area contributed by atoms with Crippen LogP contribution in [0.15, 0.2) is 23.8 Å². The molecule has 0 radical (unpaired) electrons. The zero-order valence-corrected chi connectivity index (χ0v) is 89.3. The molecule has 133 heavy (non-hydrogen) atoms. The van der Waals surface area contributed by atoms with Crippen molar-refractivity contribution in [3.05, 3.63) is 23.8 Å². The van der Waals surface area contributed by atoms with Gasteiger partial charge in [0.05, 0.1) is 73.6 Å². The van der Waals surface area contributed by atoms with Gasteiger partial charge >= 0.3 is 0 Å². The van der Waals surface area contributed by atoms with Gasteiger partial charge < -0.3 is 48.5 Å².